The molecule has 174 valence electrons. The minimum atomic E-state index is -3.76. The van der Waals surface area contributed by atoms with Crippen molar-refractivity contribution in [1.82, 2.24) is 5.32 Å². The van der Waals surface area contributed by atoms with Gasteiger partial charge in [0, 0.05) is 16.9 Å². The molecule has 3 N–H and O–H groups in total. The molecule has 0 unspecified atom stereocenters. The maximum absolute atomic E-state index is 12.7. The number of hydrogen-bond donors (Lipinski definition) is 3. The molecule has 0 saturated carbocycles. The number of thiocarbonyl (C=S) groups is 1. The molecule has 0 saturated heterocycles. The Balaban J connectivity index is 1.63. The molecule has 0 fully saturated rings. The lowest BCUT2D eigenvalue weighted by molar-refractivity contribution is 0.0978. The SMILES string of the molecule is [B]c1cc(C(=O)NC(=S)Nc2ccc(S(=O)(=O)Nc3cc(C)cc(C)c3)cc2)ccc1OCC. The predicted molar refractivity (Wildman–Crippen MR) is 140 cm³/mol. The first-order valence-corrected chi connectivity index (χ1v) is 12.3. The van der Waals surface area contributed by atoms with Gasteiger partial charge in [-0.25, -0.2) is 8.42 Å². The van der Waals surface area contributed by atoms with Crippen molar-refractivity contribution in [3.05, 3.63) is 77.4 Å². The number of aryl methyl sites for hydroxylation is 2. The largest absolute Gasteiger partial charge is 0.495 e. The summed E-state index contributed by atoms with van der Waals surface area (Å²) < 4.78 is 33.4. The Morgan fingerprint density at radius 1 is 0.971 bits per heavy atom. The van der Waals surface area contributed by atoms with E-state index >= 15 is 0 Å². The monoisotopic (exact) mass is 493 g/mol. The highest BCUT2D eigenvalue weighted by atomic mass is 32.2. The van der Waals surface area contributed by atoms with Crippen molar-refractivity contribution in [2.24, 2.45) is 0 Å². The van der Waals surface area contributed by atoms with Crippen LogP contribution in [0.5, 0.6) is 5.75 Å². The zero-order chi connectivity index (χ0) is 24.9. The molecule has 1 amide bonds. The number of carbonyl (C=O) groups excluding carboxylic acids is 1. The van der Waals surface area contributed by atoms with Crippen molar-refractivity contribution in [1.29, 1.82) is 0 Å². The van der Waals surface area contributed by atoms with Gasteiger partial charge in [0.25, 0.3) is 15.9 Å². The molecule has 0 bridgehead atoms. The van der Waals surface area contributed by atoms with Crippen LogP contribution in [0.15, 0.2) is 65.6 Å². The fourth-order valence-electron chi connectivity index (χ4n) is 3.28. The Kier molecular flexibility index (Phi) is 7.96. The average Bonchev–Trinajstić information content (AvgIpc) is 2.74. The molecule has 7 nitrogen and oxygen atoms in total. The number of carbonyl (C=O) groups is 1. The fourth-order valence-corrected chi connectivity index (χ4v) is 4.53. The lowest BCUT2D eigenvalue weighted by Gasteiger charge is -2.13. The number of benzene rings is 3. The van der Waals surface area contributed by atoms with Gasteiger partial charge in [0.15, 0.2) is 5.11 Å². The molecular formula is C24H24BN3O4S2. The van der Waals surface area contributed by atoms with Crippen molar-refractivity contribution in [2.45, 2.75) is 25.7 Å². The van der Waals surface area contributed by atoms with Gasteiger partial charge in [-0.3, -0.25) is 14.8 Å². The van der Waals surface area contributed by atoms with Crippen molar-refractivity contribution in [2.75, 3.05) is 16.6 Å². The van der Waals surface area contributed by atoms with Crippen LogP contribution >= 0.6 is 12.2 Å². The topological polar surface area (TPSA) is 96.5 Å². The van der Waals surface area contributed by atoms with Gasteiger partial charge < -0.3 is 10.1 Å². The van der Waals surface area contributed by atoms with E-state index in [1.807, 2.05) is 26.8 Å². The molecular weight excluding hydrogens is 469 g/mol. The second kappa shape index (κ2) is 10.7. The highest BCUT2D eigenvalue weighted by molar-refractivity contribution is 7.92. The maximum Gasteiger partial charge on any atom is 0.261 e. The van der Waals surface area contributed by atoms with Gasteiger partial charge >= 0.3 is 0 Å². The maximum atomic E-state index is 12.7. The standard InChI is InChI=1S/C24H24BN3O4S2/c1-4-32-22-10-5-17(14-21(22)25)23(29)27-24(33)26-18-6-8-20(9-7-18)34(30,31)28-19-12-15(2)11-16(3)13-19/h5-14,28H,4H2,1-3H3,(H2,26,27,29,33). The van der Waals surface area contributed by atoms with Gasteiger partial charge in [-0.1, -0.05) is 17.6 Å². The van der Waals surface area contributed by atoms with Crippen molar-refractivity contribution < 1.29 is 17.9 Å². The quantitative estimate of drug-likeness (QED) is 0.345. The first-order chi connectivity index (χ1) is 16.1. The van der Waals surface area contributed by atoms with E-state index in [9.17, 15) is 13.2 Å². The molecule has 0 aliphatic heterocycles. The number of sulfonamides is 1. The Morgan fingerprint density at radius 2 is 1.62 bits per heavy atom. The smallest absolute Gasteiger partial charge is 0.261 e. The van der Waals surface area contributed by atoms with Crippen LogP contribution < -0.4 is 25.6 Å². The highest BCUT2D eigenvalue weighted by Gasteiger charge is 2.15. The molecule has 34 heavy (non-hydrogen) atoms. The van der Waals surface area contributed by atoms with E-state index in [1.165, 1.54) is 18.2 Å². The molecule has 2 radical (unpaired) electrons. The predicted octanol–water partition coefficient (Wildman–Crippen LogP) is 3.42. The third-order valence-corrected chi connectivity index (χ3v) is 6.30. The molecule has 3 aromatic carbocycles. The van der Waals surface area contributed by atoms with E-state index in [0.717, 1.165) is 11.1 Å². The van der Waals surface area contributed by atoms with Crippen LogP contribution in [0.3, 0.4) is 0 Å². The summed E-state index contributed by atoms with van der Waals surface area (Å²) >= 11 is 5.20. The number of anilines is 2. The second-order valence-corrected chi connectivity index (χ2v) is 9.69. The Labute approximate surface area is 206 Å². The second-order valence-electron chi connectivity index (χ2n) is 7.60. The minimum absolute atomic E-state index is 0.0569. The molecule has 0 spiro atoms. The van der Waals surface area contributed by atoms with Gasteiger partial charge in [0.1, 0.15) is 13.6 Å². The van der Waals surface area contributed by atoms with E-state index in [4.69, 9.17) is 24.8 Å². The van der Waals surface area contributed by atoms with E-state index in [0.29, 0.717) is 34.8 Å². The molecule has 10 heteroatoms. The third kappa shape index (κ3) is 6.58. The first-order valence-electron chi connectivity index (χ1n) is 10.4. The van der Waals surface area contributed by atoms with Crippen LogP contribution in [0.25, 0.3) is 0 Å². The molecule has 3 rings (SSSR count). The summed E-state index contributed by atoms with van der Waals surface area (Å²) in [7, 11) is 2.14. The molecule has 0 aliphatic carbocycles. The highest BCUT2D eigenvalue weighted by Crippen LogP contribution is 2.20. The summed E-state index contributed by atoms with van der Waals surface area (Å²) in [6.45, 7) is 6.11. The van der Waals surface area contributed by atoms with Crippen molar-refractivity contribution in [3.8, 4) is 5.75 Å². The molecule has 0 atom stereocenters. The summed E-state index contributed by atoms with van der Waals surface area (Å²) in [6.07, 6.45) is 0. The fraction of sp³-hybridized carbons (Fsp3) is 0.167. The third-order valence-electron chi connectivity index (χ3n) is 4.70. The molecule has 0 heterocycles. The van der Waals surface area contributed by atoms with Gasteiger partial charge in [0.05, 0.1) is 11.5 Å². The van der Waals surface area contributed by atoms with Gasteiger partial charge in [-0.15, -0.1) is 0 Å². The number of rotatable bonds is 7. The van der Waals surface area contributed by atoms with Crippen molar-refractivity contribution in [3.63, 3.8) is 0 Å². The first kappa shape index (κ1) is 25.3. The molecule has 3 aromatic rings. The summed E-state index contributed by atoms with van der Waals surface area (Å²) in [6, 6.07) is 16.2. The van der Waals surface area contributed by atoms with Crippen LogP contribution in [0.2, 0.25) is 0 Å². The number of ether oxygens (including phenoxy) is 1. The summed E-state index contributed by atoms with van der Waals surface area (Å²) in [5.41, 5.74) is 3.60. The lowest BCUT2D eigenvalue weighted by atomic mass is 9.93. The Morgan fingerprint density at radius 3 is 2.21 bits per heavy atom. The summed E-state index contributed by atoms with van der Waals surface area (Å²) in [4.78, 5) is 12.5. The van der Waals surface area contributed by atoms with Gasteiger partial charge in [0.2, 0.25) is 0 Å². The lowest BCUT2D eigenvalue weighted by Crippen LogP contribution is -2.34. The van der Waals surface area contributed by atoms with Crippen molar-refractivity contribution >= 4 is 57.9 Å². The van der Waals surface area contributed by atoms with Crippen LogP contribution in [0.1, 0.15) is 28.4 Å². The number of hydrogen-bond acceptors (Lipinski definition) is 5. The Hall–Kier alpha value is -3.37. The van der Waals surface area contributed by atoms with Gasteiger partial charge in [-0.05, 0) is 92.6 Å². The van der Waals surface area contributed by atoms with E-state index in [1.54, 1.807) is 36.4 Å². The zero-order valence-electron chi connectivity index (χ0n) is 19.0. The van der Waals surface area contributed by atoms with Crippen LogP contribution in [-0.2, 0) is 10.0 Å². The minimum Gasteiger partial charge on any atom is -0.495 e. The zero-order valence-corrected chi connectivity index (χ0v) is 20.6. The molecule has 0 aromatic heterocycles. The van der Waals surface area contributed by atoms with E-state index in [2.05, 4.69) is 15.4 Å². The molecule has 0 aliphatic rings. The normalized spacial score (nSPS) is 10.9. The van der Waals surface area contributed by atoms with E-state index in [-0.39, 0.29) is 10.0 Å². The van der Waals surface area contributed by atoms with Crippen LogP contribution in [0, 0.1) is 13.8 Å². The average molecular weight is 493 g/mol. The summed E-state index contributed by atoms with van der Waals surface area (Å²) in [5, 5.41) is 5.48. The number of nitrogens with one attached hydrogen (secondary N) is 3. The van der Waals surface area contributed by atoms with Gasteiger partial charge in [-0.2, -0.15) is 0 Å². The van der Waals surface area contributed by atoms with E-state index < -0.39 is 15.9 Å². The Bertz CT molecular complexity index is 1310. The number of amides is 1. The summed E-state index contributed by atoms with van der Waals surface area (Å²) in [5.74, 6) is 0.0610. The van der Waals surface area contributed by atoms with Crippen LogP contribution in [-0.4, -0.2) is 33.9 Å². The van der Waals surface area contributed by atoms with Crippen LogP contribution in [0.4, 0.5) is 11.4 Å².